The first-order chi connectivity index (χ1) is 17.0. The van der Waals surface area contributed by atoms with Gasteiger partial charge in [0.15, 0.2) is 0 Å². The fraction of sp³-hybridized carbons (Fsp3) is 0.462. The molecule has 5 rings (SSSR count). The number of methoxy groups -OCH3 is 2. The molecule has 3 aliphatic heterocycles. The Balaban J connectivity index is 1.41. The van der Waals surface area contributed by atoms with Crippen LogP contribution in [0.1, 0.15) is 24.3 Å². The highest BCUT2D eigenvalue weighted by molar-refractivity contribution is 6.02. The summed E-state index contributed by atoms with van der Waals surface area (Å²) in [6, 6.07) is 15.6. The minimum Gasteiger partial charge on any atom is -0.497 e. The van der Waals surface area contributed by atoms with E-state index in [1.165, 1.54) is 12.7 Å². The lowest BCUT2D eigenvalue weighted by molar-refractivity contribution is -0.118. The third-order valence-electron chi connectivity index (χ3n) is 7.67. The first kappa shape index (κ1) is 23.4. The van der Waals surface area contributed by atoms with E-state index in [2.05, 4.69) is 40.4 Å². The normalized spacial score (nSPS) is 22.0. The largest absolute Gasteiger partial charge is 0.497 e. The number of piperidine rings is 1. The number of hydrogen-bond acceptors (Lipinski definition) is 7. The van der Waals surface area contributed by atoms with Crippen molar-refractivity contribution in [1.29, 1.82) is 0 Å². The fourth-order valence-electron chi connectivity index (χ4n) is 5.55. The van der Waals surface area contributed by atoms with Crippen molar-refractivity contribution in [2.75, 3.05) is 57.2 Å². The maximum Gasteiger partial charge on any atom is 0.409 e. The first-order valence-corrected chi connectivity index (χ1v) is 12.1. The van der Waals surface area contributed by atoms with E-state index in [-0.39, 0.29) is 17.4 Å². The van der Waals surface area contributed by atoms with E-state index in [1.807, 2.05) is 29.2 Å². The number of ether oxygens (including phenoxy) is 2. The predicted octanol–water partition coefficient (Wildman–Crippen LogP) is 2.56. The summed E-state index contributed by atoms with van der Waals surface area (Å²) in [4.78, 5) is 29.6. The van der Waals surface area contributed by atoms with Crippen molar-refractivity contribution in [2.24, 2.45) is 5.41 Å². The number of hydrogen-bond donors (Lipinski definition) is 3. The van der Waals surface area contributed by atoms with E-state index in [0.29, 0.717) is 38.4 Å². The molecular weight excluding hydrogens is 446 g/mol. The molecule has 1 atom stereocenters. The maximum absolute atomic E-state index is 13.9. The van der Waals surface area contributed by atoms with Crippen LogP contribution in [0, 0.1) is 5.41 Å². The van der Waals surface area contributed by atoms with E-state index in [0.717, 1.165) is 30.2 Å². The zero-order chi connectivity index (χ0) is 24.4. The van der Waals surface area contributed by atoms with Crippen LogP contribution in [0.25, 0.3) is 0 Å². The SMILES string of the molecule is COC(=O)N1CCC2(CC1)CN(c1ccc(C3CNNC3)cc1)C(=O)C2Nc1cccc(OC)c1. The van der Waals surface area contributed by atoms with E-state index < -0.39 is 6.04 Å². The van der Waals surface area contributed by atoms with Gasteiger partial charge in [0.05, 0.1) is 14.2 Å². The second-order valence-electron chi connectivity index (χ2n) is 9.60. The number of likely N-dealkylation sites (tertiary alicyclic amines) is 1. The van der Waals surface area contributed by atoms with Gasteiger partial charge >= 0.3 is 6.09 Å². The second-order valence-corrected chi connectivity index (χ2v) is 9.60. The monoisotopic (exact) mass is 479 g/mol. The molecule has 3 aliphatic rings. The van der Waals surface area contributed by atoms with Crippen molar-refractivity contribution >= 4 is 23.4 Å². The van der Waals surface area contributed by atoms with Crippen LogP contribution in [0.3, 0.4) is 0 Å². The van der Waals surface area contributed by atoms with Crippen molar-refractivity contribution < 1.29 is 19.1 Å². The molecule has 2 amide bonds. The third-order valence-corrected chi connectivity index (χ3v) is 7.67. The van der Waals surface area contributed by atoms with Gasteiger partial charge in [-0.2, -0.15) is 0 Å². The summed E-state index contributed by atoms with van der Waals surface area (Å²) >= 11 is 0. The molecule has 2 aromatic carbocycles. The van der Waals surface area contributed by atoms with E-state index in [1.54, 1.807) is 12.0 Å². The summed E-state index contributed by atoms with van der Waals surface area (Å²) in [6.07, 6.45) is 1.11. The van der Waals surface area contributed by atoms with Gasteiger partial charge in [-0.3, -0.25) is 15.6 Å². The van der Waals surface area contributed by atoms with Crippen molar-refractivity contribution in [1.82, 2.24) is 15.8 Å². The summed E-state index contributed by atoms with van der Waals surface area (Å²) in [5.41, 5.74) is 9.04. The molecule has 3 N–H and O–H groups in total. The maximum atomic E-state index is 13.9. The molecule has 0 bridgehead atoms. The molecule has 3 saturated heterocycles. The number of carbonyl (C=O) groups is 2. The zero-order valence-corrected chi connectivity index (χ0v) is 20.3. The van der Waals surface area contributed by atoms with Gasteiger partial charge in [-0.25, -0.2) is 4.79 Å². The van der Waals surface area contributed by atoms with E-state index >= 15 is 0 Å². The van der Waals surface area contributed by atoms with Gasteiger partial charge in [0, 0.05) is 61.5 Å². The smallest absolute Gasteiger partial charge is 0.409 e. The van der Waals surface area contributed by atoms with Gasteiger partial charge in [0.1, 0.15) is 11.8 Å². The molecule has 1 unspecified atom stereocenters. The Labute approximate surface area is 205 Å². The van der Waals surface area contributed by atoms with Gasteiger partial charge < -0.3 is 24.6 Å². The number of hydrazine groups is 1. The fourth-order valence-corrected chi connectivity index (χ4v) is 5.55. The van der Waals surface area contributed by atoms with Crippen LogP contribution in [-0.2, 0) is 9.53 Å². The summed E-state index contributed by atoms with van der Waals surface area (Å²) in [5, 5.41) is 3.52. The Morgan fingerprint density at radius 3 is 2.43 bits per heavy atom. The summed E-state index contributed by atoms with van der Waals surface area (Å²) in [5.74, 6) is 1.21. The second kappa shape index (κ2) is 9.75. The molecular formula is C26H33N5O4. The van der Waals surface area contributed by atoms with Crippen LogP contribution in [-0.4, -0.2) is 69.9 Å². The standard InChI is InChI=1S/C26H33N5O4/c1-34-22-5-3-4-20(14-22)29-23-24(32)31(17-26(23)10-12-30(13-11-26)25(33)35-2)21-8-6-18(7-9-21)19-15-27-28-16-19/h3-9,14,19,23,27-29H,10-13,15-17H2,1-2H3. The minimum absolute atomic E-state index is 0.0521. The molecule has 3 heterocycles. The van der Waals surface area contributed by atoms with Crippen LogP contribution >= 0.6 is 0 Å². The quantitative estimate of drug-likeness (QED) is 0.607. The first-order valence-electron chi connectivity index (χ1n) is 12.1. The Hall–Kier alpha value is -3.30. The van der Waals surface area contributed by atoms with Gasteiger partial charge in [0.25, 0.3) is 0 Å². The predicted molar refractivity (Wildman–Crippen MR) is 134 cm³/mol. The molecule has 9 nitrogen and oxygen atoms in total. The van der Waals surface area contributed by atoms with Crippen LogP contribution in [0.4, 0.5) is 16.2 Å². The summed E-state index contributed by atoms with van der Waals surface area (Å²) in [7, 11) is 3.04. The van der Waals surface area contributed by atoms with Gasteiger partial charge in [0.2, 0.25) is 5.91 Å². The molecule has 2 aromatic rings. The number of carbonyl (C=O) groups excluding carboxylic acids is 2. The molecule has 35 heavy (non-hydrogen) atoms. The van der Waals surface area contributed by atoms with E-state index in [4.69, 9.17) is 9.47 Å². The lowest BCUT2D eigenvalue weighted by atomic mass is 9.74. The number of nitrogens with one attached hydrogen (secondary N) is 3. The number of rotatable bonds is 5. The van der Waals surface area contributed by atoms with Crippen LogP contribution < -0.4 is 25.8 Å². The third kappa shape index (κ3) is 4.53. The summed E-state index contributed by atoms with van der Waals surface area (Å²) < 4.78 is 10.3. The molecule has 0 aliphatic carbocycles. The molecule has 0 saturated carbocycles. The highest BCUT2D eigenvalue weighted by atomic mass is 16.5. The molecule has 186 valence electrons. The van der Waals surface area contributed by atoms with Crippen molar-refractivity contribution in [3.63, 3.8) is 0 Å². The van der Waals surface area contributed by atoms with Crippen molar-refractivity contribution in [3.05, 3.63) is 54.1 Å². The van der Waals surface area contributed by atoms with Crippen molar-refractivity contribution in [3.8, 4) is 5.75 Å². The Morgan fingerprint density at radius 2 is 1.77 bits per heavy atom. The summed E-state index contributed by atoms with van der Waals surface area (Å²) in [6.45, 7) is 3.52. The highest BCUT2D eigenvalue weighted by Crippen LogP contribution is 2.44. The number of benzene rings is 2. The molecule has 9 heteroatoms. The molecule has 1 spiro atoms. The highest BCUT2D eigenvalue weighted by Gasteiger charge is 2.54. The lowest BCUT2D eigenvalue weighted by Crippen LogP contribution is -2.50. The Bertz CT molecular complexity index is 1060. The van der Waals surface area contributed by atoms with Crippen LogP contribution in [0.2, 0.25) is 0 Å². The average Bonchev–Trinajstić information content (AvgIpc) is 3.53. The Morgan fingerprint density at radius 1 is 1.06 bits per heavy atom. The molecule has 3 fully saturated rings. The minimum atomic E-state index is -0.405. The molecule has 0 radical (unpaired) electrons. The van der Waals surface area contributed by atoms with Gasteiger partial charge in [-0.1, -0.05) is 18.2 Å². The van der Waals surface area contributed by atoms with Gasteiger partial charge in [-0.15, -0.1) is 0 Å². The molecule has 0 aromatic heterocycles. The van der Waals surface area contributed by atoms with E-state index in [9.17, 15) is 9.59 Å². The van der Waals surface area contributed by atoms with Gasteiger partial charge in [-0.05, 0) is 42.7 Å². The number of nitrogens with zero attached hydrogens (tertiary/aromatic N) is 2. The average molecular weight is 480 g/mol. The Kier molecular flexibility index (Phi) is 6.53. The zero-order valence-electron chi connectivity index (χ0n) is 20.3. The van der Waals surface area contributed by atoms with Crippen LogP contribution in [0.15, 0.2) is 48.5 Å². The topological polar surface area (TPSA) is 95.2 Å². The number of amides is 2. The van der Waals surface area contributed by atoms with Crippen LogP contribution in [0.5, 0.6) is 5.75 Å². The van der Waals surface area contributed by atoms with Crippen molar-refractivity contribution in [2.45, 2.75) is 24.8 Å². The number of anilines is 2. The lowest BCUT2D eigenvalue weighted by Gasteiger charge is -2.41.